The maximum absolute atomic E-state index is 13.7. The first-order chi connectivity index (χ1) is 8.24. The predicted molar refractivity (Wildman–Crippen MR) is 65.0 cm³/mol. The van der Waals surface area contributed by atoms with Crippen molar-refractivity contribution < 1.29 is 4.39 Å². The average molecular weight is 233 g/mol. The normalized spacial score (nSPS) is 10.8. The van der Waals surface area contributed by atoms with Gasteiger partial charge in [0.1, 0.15) is 11.6 Å². The Bertz CT molecular complexity index is 505. The summed E-state index contributed by atoms with van der Waals surface area (Å²) in [6.45, 7) is 2.96. The van der Waals surface area contributed by atoms with Crippen molar-refractivity contribution in [2.45, 2.75) is 26.4 Å². The van der Waals surface area contributed by atoms with Crippen LogP contribution in [0.25, 0.3) is 0 Å². The molecule has 1 aromatic carbocycles. The van der Waals surface area contributed by atoms with Crippen LogP contribution in [0, 0.1) is 5.82 Å². The van der Waals surface area contributed by atoms with E-state index in [1.54, 1.807) is 12.3 Å². The molecular formula is C13H16FN3. The van der Waals surface area contributed by atoms with Gasteiger partial charge in [-0.2, -0.15) is 0 Å². The van der Waals surface area contributed by atoms with E-state index in [0.717, 1.165) is 17.8 Å². The lowest BCUT2D eigenvalue weighted by Gasteiger charge is -2.09. The van der Waals surface area contributed by atoms with Gasteiger partial charge in [-0.15, -0.1) is 0 Å². The molecule has 0 aliphatic heterocycles. The van der Waals surface area contributed by atoms with Crippen LogP contribution in [0.4, 0.5) is 4.39 Å². The van der Waals surface area contributed by atoms with Crippen molar-refractivity contribution in [3.8, 4) is 0 Å². The van der Waals surface area contributed by atoms with Crippen LogP contribution in [0.5, 0.6) is 0 Å². The summed E-state index contributed by atoms with van der Waals surface area (Å²) in [7, 11) is 0. The van der Waals surface area contributed by atoms with Gasteiger partial charge in [0.15, 0.2) is 0 Å². The highest BCUT2D eigenvalue weighted by Gasteiger charge is 2.06. The zero-order chi connectivity index (χ0) is 12.3. The van der Waals surface area contributed by atoms with E-state index in [9.17, 15) is 4.39 Å². The predicted octanol–water partition coefficient (Wildman–Crippen LogP) is 2.09. The van der Waals surface area contributed by atoms with Crippen molar-refractivity contribution >= 4 is 0 Å². The zero-order valence-corrected chi connectivity index (χ0v) is 9.86. The van der Waals surface area contributed by atoms with E-state index in [1.165, 1.54) is 6.07 Å². The van der Waals surface area contributed by atoms with Crippen molar-refractivity contribution in [1.29, 1.82) is 0 Å². The van der Waals surface area contributed by atoms with Gasteiger partial charge in [-0.3, -0.25) is 0 Å². The number of aryl methyl sites for hydroxylation is 1. The van der Waals surface area contributed by atoms with Crippen LogP contribution in [0.1, 0.15) is 23.9 Å². The van der Waals surface area contributed by atoms with E-state index in [4.69, 9.17) is 5.73 Å². The lowest BCUT2D eigenvalue weighted by molar-refractivity contribution is 0.593. The molecule has 2 N–H and O–H groups in total. The van der Waals surface area contributed by atoms with E-state index in [-0.39, 0.29) is 5.82 Å². The summed E-state index contributed by atoms with van der Waals surface area (Å²) >= 11 is 0. The molecule has 3 nitrogen and oxygen atoms in total. The highest BCUT2D eigenvalue weighted by molar-refractivity contribution is 5.25. The van der Waals surface area contributed by atoms with Crippen molar-refractivity contribution in [3.05, 3.63) is 53.4 Å². The molecule has 1 aromatic heterocycles. The van der Waals surface area contributed by atoms with Gasteiger partial charge in [0.05, 0.1) is 6.54 Å². The first-order valence-corrected chi connectivity index (χ1v) is 5.72. The molecule has 0 amide bonds. The molecule has 0 aliphatic rings. The Kier molecular flexibility index (Phi) is 3.54. The van der Waals surface area contributed by atoms with Crippen LogP contribution in [-0.2, 0) is 19.5 Å². The molecule has 0 atom stereocenters. The molecule has 1 heterocycles. The number of imidazole rings is 1. The lowest BCUT2D eigenvalue weighted by Crippen LogP contribution is -2.06. The SMILES string of the molecule is CCc1nccn1Cc1cc(CN)ccc1F. The van der Waals surface area contributed by atoms with E-state index in [1.807, 2.05) is 23.8 Å². The molecule has 0 saturated carbocycles. The number of benzene rings is 1. The van der Waals surface area contributed by atoms with Gasteiger partial charge >= 0.3 is 0 Å². The number of aromatic nitrogens is 2. The average Bonchev–Trinajstić information content (AvgIpc) is 2.79. The molecule has 0 radical (unpaired) electrons. The largest absolute Gasteiger partial charge is 0.330 e. The summed E-state index contributed by atoms with van der Waals surface area (Å²) in [4.78, 5) is 4.22. The molecule has 90 valence electrons. The second-order valence-electron chi connectivity index (χ2n) is 3.95. The lowest BCUT2D eigenvalue weighted by atomic mass is 10.1. The molecule has 2 rings (SSSR count). The van der Waals surface area contributed by atoms with Crippen LogP contribution in [0.3, 0.4) is 0 Å². The van der Waals surface area contributed by atoms with Crippen LogP contribution < -0.4 is 5.73 Å². The molecule has 2 aromatic rings. The minimum atomic E-state index is -0.196. The maximum atomic E-state index is 13.7. The molecule has 4 heteroatoms. The minimum Gasteiger partial charge on any atom is -0.330 e. The summed E-state index contributed by atoms with van der Waals surface area (Å²) in [6.07, 6.45) is 4.45. The standard InChI is InChI=1S/C13H16FN3/c1-2-13-16-5-6-17(13)9-11-7-10(8-15)3-4-12(11)14/h3-7H,2,8-9,15H2,1H3. The van der Waals surface area contributed by atoms with Crippen molar-refractivity contribution in [1.82, 2.24) is 9.55 Å². The highest BCUT2D eigenvalue weighted by Crippen LogP contribution is 2.13. The molecule has 0 spiro atoms. The van der Waals surface area contributed by atoms with Crippen molar-refractivity contribution in [3.63, 3.8) is 0 Å². The van der Waals surface area contributed by atoms with E-state index in [2.05, 4.69) is 4.98 Å². The fraction of sp³-hybridized carbons (Fsp3) is 0.308. The molecule has 0 aliphatic carbocycles. The fourth-order valence-corrected chi connectivity index (χ4v) is 1.86. The second kappa shape index (κ2) is 5.10. The topological polar surface area (TPSA) is 43.8 Å². The summed E-state index contributed by atoms with van der Waals surface area (Å²) in [5.74, 6) is 0.764. The summed E-state index contributed by atoms with van der Waals surface area (Å²) in [6, 6.07) is 5.00. The minimum absolute atomic E-state index is 0.196. The Labute approximate surface area is 100 Å². The number of rotatable bonds is 4. The molecular weight excluding hydrogens is 217 g/mol. The van der Waals surface area contributed by atoms with Gasteiger partial charge in [-0.1, -0.05) is 13.0 Å². The van der Waals surface area contributed by atoms with Gasteiger partial charge in [-0.05, 0) is 17.7 Å². The molecule has 0 unspecified atom stereocenters. The summed E-state index contributed by atoms with van der Waals surface area (Å²) in [5, 5.41) is 0. The molecule has 17 heavy (non-hydrogen) atoms. The smallest absolute Gasteiger partial charge is 0.128 e. The van der Waals surface area contributed by atoms with Gasteiger partial charge in [0.2, 0.25) is 0 Å². The van der Waals surface area contributed by atoms with E-state index >= 15 is 0 Å². The third-order valence-electron chi connectivity index (χ3n) is 2.80. The Balaban J connectivity index is 2.29. The van der Waals surface area contributed by atoms with Crippen LogP contribution in [-0.4, -0.2) is 9.55 Å². The van der Waals surface area contributed by atoms with Gasteiger partial charge < -0.3 is 10.3 Å². The van der Waals surface area contributed by atoms with Crippen molar-refractivity contribution in [2.24, 2.45) is 5.73 Å². The zero-order valence-electron chi connectivity index (χ0n) is 9.86. The van der Waals surface area contributed by atoms with Crippen LogP contribution in [0.15, 0.2) is 30.6 Å². The number of hydrogen-bond acceptors (Lipinski definition) is 2. The quantitative estimate of drug-likeness (QED) is 0.878. The summed E-state index contributed by atoms with van der Waals surface area (Å²) < 4.78 is 15.6. The number of nitrogens with zero attached hydrogens (tertiary/aromatic N) is 2. The van der Waals surface area contributed by atoms with Gasteiger partial charge in [-0.25, -0.2) is 9.37 Å². The monoisotopic (exact) mass is 233 g/mol. The fourth-order valence-electron chi connectivity index (χ4n) is 1.86. The Hall–Kier alpha value is -1.68. The Morgan fingerprint density at radius 1 is 1.41 bits per heavy atom. The number of halogens is 1. The van der Waals surface area contributed by atoms with E-state index in [0.29, 0.717) is 18.7 Å². The van der Waals surface area contributed by atoms with Crippen LogP contribution in [0.2, 0.25) is 0 Å². The van der Waals surface area contributed by atoms with Crippen molar-refractivity contribution in [2.75, 3.05) is 0 Å². The third kappa shape index (κ3) is 2.53. The first-order valence-electron chi connectivity index (χ1n) is 5.72. The van der Waals surface area contributed by atoms with Gasteiger partial charge in [0, 0.05) is 30.9 Å². The molecule has 0 fully saturated rings. The van der Waals surface area contributed by atoms with Gasteiger partial charge in [0.25, 0.3) is 0 Å². The Morgan fingerprint density at radius 2 is 2.24 bits per heavy atom. The van der Waals surface area contributed by atoms with Crippen LogP contribution >= 0.6 is 0 Å². The number of nitrogens with two attached hydrogens (primary N) is 1. The highest BCUT2D eigenvalue weighted by atomic mass is 19.1. The summed E-state index contributed by atoms with van der Waals surface area (Å²) in [5.41, 5.74) is 7.15. The second-order valence-corrected chi connectivity index (χ2v) is 3.95. The molecule has 0 saturated heterocycles. The Morgan fingerprint density at radius 3 is 2.94 bits per heavy atom. The molecule has 0 bridgehead atoms. The first kappa shape index (κ1) is 11.8. The van der Waals surface area contributed by atoms with E-state index < -0.39 is 0 Å². The third-order valence-corrected chi connectivity index (χ3v) is 2.80. The maximum Gasteiger partial charge on any atom is 0.128 e. The number of hydrogen-bond donors (Lipinski definition) is 1.